The third kappa shape index (κ3) is 4.70. The van der Waals surface area contributed by atoms with E-state index in [-0.39, 0.29) is 23.9 Å². The van der Waals surface area contributed by atoms with Crippen molar-refractivity contribution in [2.75, 3.05) is 19.8 Å². The molecule has 8 nitrogen and oxygen atoms in total. The largest absolute Gasteiger partial charge is 0.461 e. The number of aliphatic hydroxyl groups is 1. The number of esters is 1. The first-order chi connectivity index (χ1) is 19.4. The van der Waals surface area contributed by atoms with Crippen LogP contribution in [-0.2, 0) is 30.4 Å². The van der Waals surface area contributed by atoms with Crippen LogP contribution in [0.3, 0.4) is 0 Å². The van der Waals surface area contributed by atoms with Crippen LogP contribution in [0.4, 0.5) is 0 Å². The number of halogens is 1. The van der Waals surface area contributed by atoms with Crippen LogP contribution in [0.15, 0.2) is 86.0 Å². The predicted molar refractivity (Wildman–Crippen MR) is 152 cm³/mol. The lowest BCUT2D eigenvalue weighted by Crippen LogP contribution is -2.57. The van der Waals surface area contributed by atoms with E-state index in [0.717, 1.165) is 5.56 Å². The number of amides is 2. The van der Waals surface area contributed by atoms with Crippen LogP contribution in [0, 0.1) is 11.8 Å². The molecule has 1 spiro atoms. The molecule has 2 bridgehead atoms. The highest BCUT2D eigenvalue weighted by Gasteiger charge is 2.77. The van der Waals surface area contributed by atoms with Gasteiger partial charge in [0.2, 0.25) is 11.8 Å². The highest BCUT2D eigenvalue weighted by Crippen LogP contribution is 2.61. The number of likely N-dealkylation sites (tertiary alicyclic amines) is 1. The Hall–Kier alpha value is -3.27. The van der Waals surface area contributed by atoms with E-state index in [0.29, 0.717) is 18.5 Å². The minimum absolute atomic E-state index is 0.00244. The predicted octanol–water partition coefficient (Wildman–Crippen LogP) is 3.41. The number of carbonyl (C=O) groups is 3. The standard InChI is InChI=1S/C31H33BrN2O6/c1-3-15-33(18-20-11-7-5-8-12-20)29(37)27-31-17-22(32)26(40-31)24(30(38)39-16-4-2)25(31)28(36)34(27)23(19-35)21-13-9-6-10-14-21/h3-14,22-27,35H,1-2,15-19H2/t22?,23-,24-,25+,26-,27?,31?/m1/s1. The molecule has 0 radical (unpaired) electrons. The number of hydrogen-bond donors (Lipinski definition) is 1. The fourth-order valence-electron chi connectivity index (χ4n) is 6.58. The summed E-state index contributed by atoms with van der Waals surface area (Å²) in [6, 6.07) is 16.8. The summed E-state index contributed by atoms with van der Waals surface area (Å²) in [4.78, 5) is 45.1. The molecule has 0 saturated carbocycles. The Kier molecular flexibility index (Phi) is 8.26. The molecule has 1 N–H and O–H groups in total. The first-order valence-electron chi connectivity index (χ1n) is 13.4. The molecular weight excluding hydrogens is 576 g/mol. The van der Waals surface area contributed by atoms with Crippen LogP contribution in [0.5, 0.6) is 0 Å². The van der Waals surface area contributed by atoms with Crippen molar-refractivity contribution in [3.8, 4) is 0 Å². The van der Waals surface area contributed by atoms with Gasteiger partial charge in [0, 0.05) is 17.9 Å². The molecule has 3 fully saturated rings. The summed E-state index contributed by atoms with van der Waals surface area (Å²) in [6.45, 7) is 7.60. The Bertz CT molecular complexity index is 1270. The van der Waals surface area contributed by atoms with Gasteiger partial charge in [-0.25, -0.2) is 0 Å². The first kappa shape index (κ1) is 28.3. The Morgan fingerprint density at radius 2 is 1.82 bits per heavy atom. The van der Waals surface area contributed by atoms with Gasteiger partial charge in [-0.15, -0.1) is 6.58 Å². The van der Waals surface area contributed by atoms with Gasteiger partial charge in [0.15, 0.2) is 0 Å². The summed E-state index contributed by atoms with van der Waals surface area (Å²) in [5.74, 6) is -3.12. The van der Waals surface area contributed by atoms with Crippen molar-refractivity contribution >= 4 is 33.7 Å². The van der Waals surface area contributed by atoms with Crippen LogP contribution in [0.1, 0.15) is 23.6 Å². The van der Waals surface area contributed by atoms with Crippen LogP contribution in [-0.4, -0.2) is 75.0 Å². The van der Waals surface area contributed by atoms with Crippen LogP contribution >= 0.6 is 15.9 Å². The first-order valence-corrected chi connectivity index (χ1v) is 14.3. The van der Waals surface area contributed by atoms with Gasteiger partial charge >= 0.3 is 5.97 Å². The smallest absolute Gasteiger partial charge is 0.312 e. The van der Waals surface area contributed by atoms with Crippen molar-refractivity contribution in [1.82, 2.24) is 9.80 Å². The summed E-state index contributed by atoms with van der Waals surface area (Å²) in [5, 5.41) is 10.6. The van der Waals surface area contributed by atoms with Gasteiger partial charge in [-0.2, -0.15) is 0 Å². The lowest BCUT2D eigenvalue weighted by Gasteiger charge is -2.39. The van der Waals surface area contributed by atoms with Crippen molar-refractivity contribution in [2.45, 2.75) is 41.6 Å². The van der Waals surface area contributed by atoms with E-state index in [1.165, 1.54) is 11.0 Å². The van der Waals surface area contributed by atoms with Crippen LogP contribution in [0.2, 0.25) is 0 Å². The van der Waals surface area contributed by atoms with E-state index in [1.54, 1.807) is 11.0 Å². The molecule has 2 amide bonds. The molecule has 40 heavy (non-hydrogen) atoms. The zero-order valence-electron chi connectivity index (χ0n) is 22.1. The molecule has 3 saturated heterocycles. The minimum Gasteiger partial charge on any atom is -0.461 e. The maximum Gasteiger partial charge on any atom is 0.312 e. The number of carbonyl (C=O) groups excluding carboxylic acids is 3. The van der Waals surface area contributed by atoms with Gasteiger partial charge in [0.1, 0.15) is 18.2 Å². The summed E-state index contributed by atoms with van der Waals surface area (Å²) in [7, 11) is 0. The van der Waals surface area contributed by atoms with E-state index >= 15 is 0 Å². The molecule has 210 valence electrons. The normalized spacial score (nSPS) is 29.1. The number of fused-ring (bicyclic) bond motifs is 1. The van der Waals surface area contributed by atoms with E-state index in [9.17, 15) is 19.5 Å². The van der Waals surface area contributed by atoms with Crippen LogP contribution < -0.4 is 0 Å². The molecule has 3 aliphatic rings. The second-order valence-corrected chi connectivity index (χ2v) is 11.6. The molecule has 2 aromatic rings. The Balaban J connectivity index is 1.61. The monoisotopic (exact) mass is 608 g/mol. The highest BCUT2D eigenvalue weighted by molar-refractivity contribution is 9.09. The van der Waals surface area contributed by atoms with Crippen molar-refractivity contribution in [3.63, 3.8) is 0 Å². The Morgan fingerprint density at radius 3 is 2.45 bits per heavy atom. The van der Waals surface area contributed by atoms with Gasteiger partial charge in [-0.3, -0.25) is 14.4 Å². The lowest BCUT2D eigenvalue weighted by molar-refractivity contribution is -0.156. The number of nitrogens with zero attached hydrogens (tertiary/aromatic N) is 2. The second-order valence-electron chi connectivity index (χ2n) is 10.4. The fourth-order valence-corrected chi connectivity index (χ4v) is 7.53. The molecule has 3 aliphatic heterocycles. The average Bonchev–Trinajstić information content (AvgIpc) is 3.56. The summed E-state index contributed by atoms with van der Waals surface area (Å²) in [5.41, 5.74) is 0.329. The molecule has 3 unspecified atom stereocenters. The molecule has 0 aromatic heterocycles. The second kappa shape index (κ2) is 11.7. The Labute approximate surface area is 242 Å². The quantitative estimate of drug-likeness (QED) is 0.239. The maximum absolute atomic E-state index is 14.6. The van der Waals surface area contributed by atoms with Crippen molar-refractivity contribution < 1.29 is 29.0 Å². The minimum atomic E-state index is -1.27. The number of aliphatic hydroxyl groups excluding tert-OH is 1. The summed E-state index contributed by atoms with van der Waals surface area (Å²) < 4.78 is 12.0. The summed E-state index contributed by atoms with van der Waals surface area (Å²) in [6.07, 6.45) is 2.84. The third-order valence-corrected chi connectivity index (χ3v) is 8.99. The van der Waals surface area contributed by atoms with Crippen molar-refractivity contribution in [2.24, 2.45) is 11.8 Å². The van der Waals surface area contributed by atoms with E-state index < -0.39 is 54.1 Å². The van der Waals surface area contributed by atoms with Gasteiger partial charge in [-0.1, -0.05) is 95.3 Å². The topological polar surface area (TPSA) is 96.4 Å². The zero-order valence-corrected chi connectivity index (χ0v) is 23.7. The lowest BCUT2D eigenvalue weighted by atomic mass is 9.70. The zero-order chi connectivity index (χ0) is 28.4. The molecule has 3 heterocycles. The van der Waals surface area contributed by atoms with Gasteiger partial charge in [-0.05, 0) is 17.5 Å². The molecule has 2 aromatic carbocycles. The average molecular weight is 610 g/mol. The van der Waals surface area contributed by atoms with E-state index in [4.69, 9.17) is 9.47 Å². The molecule has 0 aliphatic carbocycles. The number of rotatable bonds is 11. The molecular formula is C31H33BrN2O6. The van der Waals surface area contributed by atoms with Gasteiger partial charge in [0.05, 0.1) is 30.6 Å². The van der Waals surface area contributed by atoms with Gasteiger partial charge in [0.25, 0.3) is 0 Å². The number of alkyl halides is 1. The highest BCUT2D eigenvalue weighted by atomic mass is 79.9. The molecule has 7 atom stereocenters. The van der Waals surface area contributed by atoms with Crippen LogP contribution in [0.25, 0.3) is 0 Å². The van der Waals surface area contributed by atoms with Gasteiger partial charge < -0.3 is 24.4 Å². The molecule has 9 heteroatoms. The maximum atomic E-state index is 14.6. The van der Waals surface area contributed by atoms with Crippen molar-refractivity contribution in [3.05, 3.63) is 97.1 Å². The third-order valence-electron chi connectivity index (χ3n) is 8.15. The fraction of sp³-hybridized carbons (Fsp3) is 0.387. The molecule has 5 rings (SSSR count). The number of hydrogen-bond acceptors (Lipinski definition) is 6. The summed E-state index contributed by atoms with van der Waals surface area (Å²) >= 11 is 3.67. The van der Waals surface area contributed by atoms with Crippen molar-refractivity contribution in [1.29, 1.82) is 0 Å². The number of ether oxygens (including phenoxy) is 2. The SMILES string of the molecule is C=CCOC(=O)[C@H]1[C@@H]2OC3(CC2Br)C(C(=O)N(CC=C)Cc2ccccc2)N([C@H](CO)c2ccccc2)C(=O)[C@H]13. The van der Waals surface area contributed by atoms with E-state index in [1.807, 2.05) is 60.7 Å². The number of benzene rings is 2. The Morgan fingerprint density at radius 1 is 1.15 bits per heavy atom. The van der Waals surface area contributed by atoms with E-state index in [2.05, 4.69) is 29.1 Å².